The summed E-state index contributed by atoms with van der Waals surface area (Å²) in [4.78, 5) is 38.9. The Morgan fingerprint density at radius 3 is 2.56 bits per heavy atom. The second-order valence-electron chi connectivity index (χ2n) is 5.48. The Labute approximate surface area is 106 Å². The van der Waals surface area contributed by atoms with Crippen molar-refractivity contribution in [2.24, 2.45) is 5.92 Å². The Hall–Kier alpha value is -1.59. The van der Waals surface area contributed by atoms with Crippen molar-refractivity contribution in [1.29, 1.82) is 0 Å². The van der Waals surface area contributed by atoms with E-state index in [1.807, 2.05) is 0 Å². The maximum absolute atomic E-state index is 12.4. The first-order chi connectivity index (χ1) is 8.34. The Morgan fingerprint density at radius 1 is 1.33 bits per heavy atom. The fraction of sp³-hybridized carbons (Fsp3) is 0.750. The molecule has 2 aliphatic rings. The third-order valence-corrected chi connectivity index (χ3v) is 3.80. The number of rotatable bonds is 1. The van der Waals surface area contributed by atoms with Crippen LogP contribution >= 0.6 is 0 Å². The first-order valence-corrected chi connectivity index (χ1v) is 6.18. The molecular weight excluding hydrogens is 234 g/mol. The van der Waals surface area contributed by atoms with Gasteiger partial charge in [-0.05, 0) is 13.8 Å². The van der Waals surface area contributed by atoms with Gasteiger partial charge in [0.25, 0.3) is 0 Å². The molecule has 0 saturated carbocycles. The molecule has 0 aromatic carbocycles. The van der Waals surface area contributed by atoms with Gasteiger partial charge in [-0.15, -0.1) is 0 Å². The molecule has 1 atom stereocenters. The summed E-state index contributed by atoms with van der Waals surface area (Å²) >= 11 is 0. The van der Waals surface area contributed by atoms with Gasteiger partial charge in [0.15, 0.2) is 0 Å². The first-order valence-electron chi connectivity index (χ1n) is 6.18. The number of likely N-dealkylation sites (N-methyl/N-ethyl adjacent to an activating group) is 1. The number of carbonyl (C=O) groups is 3. The van der Waals surface area contributed by atoms with Crippen molar-refractivity contribution in [3.8, 4) is 0 Å². The van der Waals surface area contributed by atoms with Gasteiger partial charge in [0.05, 0.1) is 5.92 Å². The highest BCUT2D eigenvalue weighted by Gasteiger charge is 2.45. The minimum absolute atomic E-state index is 0.0561. The van der Waals surface area contributed by atoms with Gasteiger partial charge < -0.3 is 15.1 Å². The number of carbonyl (C=O) groups excluding carboxylic acids is 3. The number of nitrogens with one attached hydrogen (secondary N) is 1. The fourth-order valence-corrected chi connectivity index (χ4v) is 2.60. The molecule has 2 saturated heterocycles. The van der Waals surface area contributed by atoms with Crippen LogP contribution in [0.15, 0.2) is 0 Å². The van der Waals surface area contributed by atoms with Crippen molar-refractivity contribution < 1.29 is 14.4 Å². The summed E-state index contributed by atoms with van der Waals surface area (Å²) in [5, 5.41) is 2.66. The van der Waals surface area contributed by atoms with Crippen LogP contribution in [-0.4, -0.2) is 59.7 Å². The predicted octanol–water partition coefficient (Wildman–Crippen LogP) is -0.798. The molecule has 3 amide bonds. The summed E-state index contributed by atoms with van der Waals surface area (Å²) in [5.74, 6) is -0.571. The van der Waals surface area contributed by atoms with Crippen LogP contribution in [0.25, 0.3) is 0 Å². The highest BCUT2D eigenvalue weighted by Crippen LogP contribution is 2.25. The molecule has 2 fully saturated rings. The summed E-state index contributed by atoms with van der Waals surface area (Å²) in [5.41, 5.74) is -0.824. The monoisotopic (exact) mass is 253 g/mol. The van der Waals surface area contributed by atoms with Crippen molar-refractivity contribution >= 4 is 17.7 Å². The molecule has 0 spiro atoms. The molecule has 2 aliphatic heterocycles. The number of nitrogens with zero attached hydrogens (tertiary/aromatic N) is 2. The fourth-order valence-electron chi connectivity index (χ4n) is 2.60. The van der Waals surface area contributed by atoms with E-state index < -0.39 is 5.54 Å². The number of piperazine rings is 1. The smallest absolute Gasteiger partial charge is 0.247 e. The average molecular weight is 253 g/mol. The number of amides is 3. The molecule has 100 valence electrons. The van der Waals surface area contributed by atoms with Crippen LogP contribution in [0.4, 0.5) is 0 Å². The summed E-state index contributed by atoms with van der Waals surface area (Å²) in [7, 11) is 1.74. The molecule has 0 bridgehead atoms. The normalized spacial score (nSPS) is 27.4. The van der Waals surface area contributed by atoms with E-state index in [2.05, 4.69) is 5.32 Å². The summed E-state index contributed by atoms with van der Waals surface area (Å²) in [6, 6.07) is 0. The maximum Gasteiger partial charge on any atom is 0.247 e. The van der Waals surface area contributed by atoms with E-state index in [0.717, 1.165) is 0 Å². The van der Waals surface area contributed by atoms with E-state index in [1.54, 1.807) is 30.7 Å². The Balaban J connectivity index is 2.15. The lowest BCUT2D eigenvalue weighted by Gasteiger charge is -2.45. The molecule has 0 aromatic heterocycles. The molecule has 18 heavy (non-hydrogen) atoms. The Morgan fingerprint density at radius 2 is 2.00 bits per heavy atom. The third kappa shape index (κ3) is 1.95. The lowest BCUT2D eigenvalue weighted by molar-refractivity contribution is -0.159. The van der Waals surface area contributed by atoms with Crippen LogP contribution in [0.2, 0.25) is 0 Å². The standard InChI is InChI=1S/C12H19N3O3/c1-12(2)11(18)14(3)4-5-15(12)10(17)8-6-9(16)13-7-8/h8H,4-7H2,1-3H3,(H,13,16). The van der Waals surface area contributed by atoms with Crippen LogP contribution in [0.3, 0.4) is 0 Å². The number of hydrogen-bond donors (Lipinski definition) is 1. The quantitative estimate of drug-likeness (QED) is 0.665. The van der Waals surface area contributed by atoms with Crippen LogP contribution in [0, 0.1) is 5.92 Å². The molecule has 0 radical (unpaired) electrons. The van der Waals surface area contributed by atoms with Crippen molar-refractivity contribution in [1.82, 2.24) is 15.1 Å². The van der Waals surface area contributed by atoms with Crippen LogP contribution < -0.4 is 5.32 Å². The third-order valence-electron chi connectivity index (χ3n) is 3.80. The van der Waals surface area contributed by atoms with E-state index in [9.17, 15) is 14.4 Å². The minimum Gasteiger partial charge on any atom is -0.355 e. The van der Waals surface area contributed by atoms with Crippen molar-refractivity contribution in [2.45, 2.75) is 25.8 Å². The Bertz CT molecular complexity index is 405. The zero-order chi connectivity index (χ0) is 13.5. The summed E-state index contributed by atoms with van der Waals surface area (Å²) in [6.45, 7) is 4.97. The predicted molar refractivity (Wildman–Crippen MR) is 64.5 cm³/mol. The van der Waals surface area contributed by atoms with E-state index in [0.29, 0.717) is 19.6 Å². The average Bonchev–Trinajstić information content (AvgIpc) is 2.72. The van der Waals surface area contributed by atoms with Crippen molar-refractivity contribution in [3.05, 3.63) is 0 Å². The van der Waals surface area contributed by atoms with Gasteiger partial charge in [-0.2, -0.15) is 0 Å². The second-order valence-corrected chi connectivity index (χ2v) is 5.48. The molecule has 6 heteroatoms. The molecule has 1 N–H and O–H groups in total. The van der Waals surface area contributed by atoms with E-state index in [-0.39, 0.29) is 30.1 Å². The van der Waals surface area contributed by atoms with Crippen LogP contribution in [0.5, 0.6) is 0 Å². The molecule has 0 aromatic rings. The van der Waals surface area contributed by atoms with Gasteiger partial charge in [0.2, 0.25) is 17.7 Å². The van der Waals surface area contributed by atoms with Gasteiger partial charge >= 0.3 is 0 Å². The van der Waals surface area contributed by atoms with Crippen molar-refractivity contribution in [3.63, 3.8) is 0 Å². The highest BCUT2D eigenvalue weighted by atomic mass is 16.2. The molecule has 6 nitrogen and oxygen atoms in total. The largest absolute Gasteiger partial charge is 0.355 e. The number of hydrogen-bond acceptors (Lipinski definition) is 3. The molecule has 2 heterocycles. The second kappa shape index (κ2) is 4.26. The van der Waals surface area contributed by atoms with E-state index in [4.69, 9.17) is 0 Å². The Kier molecular flexibility index (Phi) is 3.04. The van der Waals surface area contributed by atoms with Gasteiger partial charge in [0.1, 0.15) is 5.54 Å². The lowest BCUT2D eigenvalue weighted by Crippen LogP contribution is -2.64. The van der Waals surface area contributed by atoms with Gasteiger partial charge in [-0.1, -0.05) is 0 Å². The SMILES string of the molecule is CN1CCN(C(=O)C2CNC(=O)C2)C(C)(C)C1=O. The summed E-state index contributed by atoms with van der Waals surface area (Å²) < 4.78 is 0. The molecule has 2 rings (SSSR count). The van der Waals surface area contributed by atoms with Crippen LogP contribution in [-0.2, 0) is 14.4 Å². The van der Waals surface area contributed by atoms with Gasteiger partial charge in [-0.25, -0.2) is 0 Å². The van der Waals surface area contributed by atoms with Gasteiger partial charge in [-0.3, -0.25) is 14.4 Å². The van der Waals surface area contributed by atoms with E-state index in [1.165, 1.54) is 0 Å². The highest BCUT2D eigenvalue weighted by molar-refractivity contribution is 5.95. The zero-order valence-electron chi connectivity index (χ0n) is 11.0. The maximum atomic E-state index is 12.4. The van der Waals surface area contributed by atoms with Crippen LogP contribution in [0.1, 0.15) is 20.3 Å². The first kappa shape index (κ1) is 12.9. The topological polar surface area (TPSA) is 69.7 Å². The molecule has 1 unspecified atom stereocenters. The zero-order valence-corrected chi connectivity index (χ0v) is 11.0. The summed E-state index contributed by atoms with van der Waals surface area (Å²) in [6.07, 6.45) is 0.232. The molecule has 0 aliphatic carbocycles. The molecular formula is C12H19N3O3. The lowest BCUT2D eigenvalue weighted by atomic mass is 9.95. The van der Waals surface area contributed by atoms with Crippen molar-refractivity contribution in [2.75, 3.05) is 26.7 Å². The minimum atomic E-state index is -0.824. The van der Waals surface area contributed by atoms with E-state index >= 15 is 0 Å². The van der Waals surface area contributed by atoms with Gasteiger partial charge in [0, 0.05) is 33.1 Å².